The van der Waals surface area contributed by atoms with Crippen molar-refractivity contribution < 1.29 is 9.59 Å². The Morgan fingerprint density at radius 3 is 2.24 bits per heavy atom. The van der Waals surface area contributed by atoms with Crippen LogP contribution in [0.3, 0.4) is 0 Å². The molecule has 0 saturated carbocycles. The molecule has 0 saturated heterocycles. The Bertz CT molecular complexity index is 418. The van der Waals surface area contributed by atoms with Crippen LogP contribution in [-0.4, -0.2) is 17.7 Å². The standard InChI is InChI=1S/C14H19NO2/c1-5-12(16)11(4)15-14(17)13-9(2)7-6-8-10(13)3/h6-8,11H,5H2,1-4H3,(H,15,17). The molecule has 0 aromatic heterocycles. The quantitative estimate of drug-likeness (QED) is 0.868. The summed E-state index contributed by atoms with van der Waals surface area (Å²) < 4.78 is 0. The molecule has 0 radical (unpaired) electrons. The zero-order valence-electron chi connectivity index (χ0n) is 10.8. The first kappa shape index (κ1) is 13.4. The molecule has 1 aromatic rings. The van der Waals surface area contributed by atoms with Crippen LogP contribution in [0.2, 0.25) is 0 Å². The molecule has 3 nitrogen and oxygen atoms in total. The van der Waals surface area contributed by atoms with Gasteiger partial charge in [-0.25, -0.2) is 0 Å². The topological polar surface area (TPSA) is 46.2 Å². The highest BCUT2D eigenvalue weighted by Gasteiger charge is 2.17. The number of carbonyl (C=O) groups is 2. The molecule has 0 aliphatic rings. The Labute approximate surface area is 102 Å². The summed E-state index contributed by atoms with van der Waals surface area (Å²) in [5, 5.41) is 2.74. The normalized spacial score (nSPS) is 12.0. The summed E-state index contributed by atoms with van der Waals surface area (Å²) in [6.45, 7) is 7.31. The van der Waals surface area contributed by atoms with Crippen LogP contribution in [0.1, 0.15) is 41.8 Å². The van der Waals surface area contributed by atoms with Crippen molar-refractivity contribution >= 4 is 11.7 Å². The fraction of sp³-hybridized carbons (Fsp3) is 0.429. The molecule has 17 heavy (non-hydrogen) atoms. The van der Waals surface area contributed by atoms with Crippen LogP contribution in [0.15, 0.2) is 18.2 Å². The van der Waals surface area contributed by atoms with Crippen LogP contribution in [0, 0.1) is 13.8 Å². The van der Waals surface area contributed by atoms with E-state index < -0.39 is 6.04 Å². The molecule has 1 unspecified atom stereocenters. The minimum absolute atomic E-state index is 0.0459. The number of ketones is 1. The van der Waals surface area contributed by atoms with E-state index in [1.165, 1.54) is 0 Å². The Balaban J connectivity index is 2.87. The number of aryl methyl sites for hydroxylation is 2. The van der Waals surface area contributed by atoms with Crippen LogP contribution in [-0.2, 0) is 4.79 Å². The highest BCUT2D eigenvalue weighted by molar-refractivity contribution is 5.99. The minimum Gasteiger partial charge on any atom is -0.343 e. The highest BCUT2D eigenvalue weighted by Crippen LogP contribution is 2.13. The van der Waals surface area contributed by atoms with Crippen LogP contribution < -0.4 is 5.32 Å². The van der Waals surface area contributed by atoms with E-state index in [0.29, 0.717) is 12.0 Å². The third-order valence-corrected chi connectivity index (χ3v) is 2.89. The van der Waals surface area contributed by atoms with Crippen molar-refractivity contribution in [1.29, 1.82) is 0 Å². The largest absolute Gasteiger partial charge is 0.343 e. The predicted octanol–water partition coefficient (Wildman–Crippen LogP) is 2.40. The van der Waals surface area contributed by atoms with Crippen molar-refractivity contribution in [2.45, 2.75) is 40.2 Å². The van der Waals surface area contributed by atoms with Gasteiger partial charge in [-0.2, -0.15) is 0 Å². The van der Waals surface area contributed by atoms with E-state index in [9.17, 15) is 9.59 Å². The van der Waals surface area contributed by atoms with Gasteiger partial charge in [0.15, 0.2) is 5.78 Å². The molecule has 3 heteroatoms. The number of benzene rings is 1. The number of Topliss-reactive ketones (excluding diaryl/α,β-unsaturated/α-hetero) is 1. The van der Waals surface area contributed by atoms with Gasteiger partial charge in [0.05, 0.1) is 6.04 Å². The van der Waals surface area contributed by atoms with Gasteiger partial charge in [-0.3, -0.25) is 9.59 Å². The van der Waals surface area contributed by atoms with E-state index in [-0.39, 0.29) is 11.7 Å². The molecule has 0 bridgehead atoms. The van der Waals surface area contributed by atoms with Crippen molar-refractivity contribution in [3.63, 3.8) is 0 Å². The van der Waals surface area contributed by atoms with Crippen molar-refractivity contribution in [3.05, 3.63) is 34.9 Å². The first-order valence-corrected chi connectivity index (χ1v) is 5.87. The lowest BCUT2D eigenvalue weighted by atomic mass is 10.0. The zero-order chi connectivity index (χ0) is 13.0. The monoisotopic (exact) mass is 233 g/mol. The van der Waals surface area contributed by atoms with Gasteiger partial charge in [-0.05, 0) is 31.9 Å². The lowest BCUT2D eigenvalue weighted by Crippen LogP contribution is -2.38. The molecule has 0 heterocycles. The number of hydrogen-bond donors (Lipinski definition) is 1. The van der Waals surface area contributed by atoms with E-state index in [1.54, 1.807) is 13.8 Å². The first-order chi connectivity index (χ1) is 7.97. The zero-order valence-corrected chi connectivity index (χ0v) is 10.8. The van der Waals surface area contributed by atoms with Crippen LogP contribution in [0.25, 0.3) is 0 Å². The fourth-order valence-corrected chi connectivity index (χ4v) is 1.83. The van der Waals surface area contributed by atoms with E-state index in [0.717, 1.165) is 11.1 Å². The Morgan fingerprint density at radius 1 is 1.24 bits per heavy atom. The van der Waals surface area contributed by atoms with Crippen LogP contribution >= 0.6 is 0 Å². The summed E-state index contributed by atoms with van der Waals surface area (Å²) in [7, 11) is 0. The van der Waals surface area contributed by atoms with E-state index >= 15 is 0 Å². The van der Waals surface area contributed by atoms with Gasteiger partial charge in [0, 0.05) is 12.0 Å². The van der Waals surface area contributed by atoms with Crippen molar-refractivity contribution in [2.75, 3.05) is 0 Å². The van der Waals surface area contributed by atoms with Crippen molar-refractivity contribution in [3.8, 4) is 0 Å². The van der Waals surface area contributed by atoms with E-state index in [1.807, 2.05) is 32.0 Å². The summed E-state index contributed by atoms with van der Waals surface area (Å²) in [5.41, 5.74) is 2.53. The molecule has 0 aliphatic heterocycles. The fourth-order valence-electron chi connectivity index (χ4n) is 1.83. The molecule has 0 spiro atoms. The Hall–Kier alpha value is -1.64. The van der Waals surface area contributed by atoms with Gasteiger partial charge in [-0.15, -0.1) is 0 Å². The van der Waals surface area contributed by atoms with Crippen LogP contribution in [0.5, 0.6) is 0 Å². The molecular weight excluding hydrogens is 214 g/mol. The second kappa shape index (κ2) is 5.62. The van der Waals surface area contributed by atoms with Gasteiger partial charge < -0.3 is 5.32 Å². The number of carbonyl (C=O) groups excluding carboxylic acids is 2. The van der Waals surface area contributed by atoms with Gasteiger partial charge in [0.1, 0.15) is 0 Å². The summed E-state index contributed by atoms with van der Waals surface area (Å²) in [6.07, 6.45) is 0.439. The maximum absolute atomic E-state index is 12.1. The average Bonchev–Trinajstić information content (AvgIpc) is 2.27. The number of amides is 1. The molecule has 1 amide bonds. The van der Waals surface area contributed by atoms with Gasteiger partial charge in [0.25, 0.3) is 5.91 Å². The first-order valence-electron chi connectivity index (χ1n) is 5.87. The SMILES string of the molecule is CCC(=O)C(C)NC(=O)c1c(C)cccc1C. The minimum atomic E-state index is -0.425. The number of hydrogen-bond acceptors (Lipinski definition) is 2. The second-order valence-corrected chi connectivity index (χ2v) is 4.28. The van der Waals surface area contributed by atoms with E-state index in [2.05, 4.69) is 5.32 Å². The molecule has 1 N–H and O–H groups in total. The summed E-state index contributed by atoms with van der Waals surface area (Å²) >= 11 is 0. The number of rotatable bonds is 4. The third-order valence-electron chi connectivity index (χ3n) is 2.89. The maximum Gasteiger partial charge on any atom is 0.252 e. The lowest BCUT2D eigenvalue weighted by Gasteiger charge is -2.14. The van der Waals surface area contributed by atoms with Crippen molar-refractivity contribution in [1.82, 2.24) is 5.32 Å². The third kappa shape index (κ3) is 3.16. The smallest absolute Gasteiger partial charge is 0.252 e. The lowest BCUT2D eigenvalue weighted by molar-refractivity contribution is -0.120. The molecule has 0 fully saturated rings. The molecule has 1 atom stereocenters. The Morgan fingerprint density at radius 2 is 1.76 bits per heavy atom. The molecule has 1 aromatic carbocycles. The summed E-state index contributed by atoms with van der Waals surface area (Å²) in [5.74, 6) is -0.125. The summed E-state index contributed by atoms with van der Waals surface area (Å²) in [6, 6.07) is 5.29. The highest BCUT2D eigenvalue weighted by atomic mass is 16.2. The van der Waals surface area contributed by atoms with Crippen LogP contribution in [0.4, 0.5) is 0 Å². The predicted molar refractivity (Wildman–Crippen MR) is 68.1 cm³/mol. The van der Waals surface area contributed by atoms with Gasteiger partial charge >= 0.3 is 0 Å². The van der Waals surface area contributed by atoms with Gasteiger partial charge in [0.2, 0.25) is 0 Å². The molecule has 0 aliphatic carbocycles. The van der Waals surface area contributed by atoms with E-state index in [4.69, 9.17) is 0 Å². The summed E-state index contributed by atoms with van der Waals surface area (Å²) in [4.78, 5) is 23.5. The molecular formula is C14H19NO2. The number of nitrogens with one attached hydrogen (secondary N) is 1. The average molecular weight is 233 g/mol. The van der Waals surface area contributed by atoms with Gasteiger partial charge in [-0.1, -0.05) is 25.1 Å². The Kier molecular flexibility index (Phi) is 4.44. The maximum atomic E-state index is 12.1. The molecule has 92 valence electrons. The molecule has 1 rings (SSSR count). The van der Waals surface area contributed by atoms with Crippen molar-refractivity contribution in [2.24, 2.45) is 0 Å². The second-order valence-electron chi connectivity index (χ2n) is 4.28.